The first kappa shape index (κ1) is 13.2. The van der Waals surface area contributed by atoms with Gasteiger partial charge in [0.1, 0.15) is 7.85 Å². The molecule has 2 rings (SSSR count). The topological polar surface area (TPSA) is 35.5 Å². The minimum atomic E-state index is -0.0235. The standard InChI is InChI=1S/C15H15BO3/c1-18-13-7-6-11(9-14(13)19-2)15(17)10-4-3-5-12(16)8-10/h3-9H,16H2,1-2H3. The highest BCUT2D eigenvalue weighted by Gasteiger charge is 2.12. The normalized spacial score (nSPS) is 10.0. The van der Waals surface area contributed by atoms with Gasteiger partial charge in [-0.2, -0.15) is 0 Å². The lowest BCUT2D eigenvalue weighted by atomic mass is 9.92. The lowest BCUT2D eigenvalue weighted by Crippen LogP contribution is -2.08. The molecule has 0 aromatic heterocycles. The minimum Gasteiger partial charge on any atom is -0.493 e. The number of rotatable bonds is 4. The van der Waals surface area contributed by atoms with Gasteiger partial charge in [0.2, 0.25) is 0 Å². The number of carbonyl (C=O) groups excluding carboxylic acids is 1. The number of methoxy groups -OCH3 is 2. The molecule has 0 heterocycles. The third-order valence-corrected chi connectivity index (χ3v) is 2.93. The summed E-state index contributed by atoms with van der Waals surface area (Å²) >= 11 is 0. The van der Waals surface area contributed by atoms with Gasteiger partial charge in [-0.3, -0.25) is 4.79 Å². The summed E-state index contributed by atoms with van der Waals surface area (Å²) in [6, 6.07) is 12.7. The first-order chi connectivity index (χ1) is 9.15. The van der Waals surface area contributed by atoms with Crippen LogP contribution < -0.4 is 14.9 Å². The Bertz CT molecular complexity index is 608. The van der Waals surface area contributed by atoms with Crippen molar-refractivity contribution < 1.29 is 14.3 Å². The third kappa shape index (κ3) is 2.79. The summed E-state index contributed by atoms with van der Waals surface area (Å²) < 4.78 is 10.4. The van der Waals surface area contributed by atoms with E-state index in [1.54, 1.807) is 32.4 Å². The summed E-state index contributed by atoms with van der Waals surface area (Å²) in [4.78, 5) is 12.4. The van der Waals surface area contributed by atoms with Gasteiger partial charge in [0.15, 0.2) is 17.3 Å². The van der Waals surface area contributed by atoms with E-state index in [0.717, 1.165) is 5.46 Å². The second-order valence-corrected chi connectivity index (χ2v) is 4.27. The highest BCUT2D eigenvalue weighted by molar-refractivity contribution is 6.32. The molecule has 96 valence electrons. The van der Waals surface area contributed by atoms with E-state index in [2.05, 4.69) is 0 Å². The second kappa shape index (κ2) is 5.61. The largest absolute Gasteiger partial charge is 0.493 e. The molecule has 4 heteroatoms. The fourth-order valence-electron chi connectivity index (χ4n) is 1.93. The van der Waals surface area contributed by atoms with E-state index in [1.165, 1.54) is 0 Å². The first-order valence-electron chi connectivity index (χ1n) is 5.99. The van der Waals surface area contributed by atoms with Crippen LogP contribution in [0.1, 0.15) is 15.9 Å². The van der Waals surface area contributed by atoms with Crippen molar-refractivity contribution in [1.82, 2.24) is 0 Å². The Balaban J connectivity index is 2.39. The molecule has 0 spiro atoms. The molecule has 0 amide bonds. The maximum absolute atomic E-state index is 12.4. The fraction of sp³-hybridized carbons (Fsp3) is 0.133. The van der Waals surface area contributed by atoms with Gasteiger partial charge in [-0.05, 0) is 18.2 Å². The van der Waals surface area contributed by atoms with Crippen LogP contribution in [-0.2, 0) is 0 Å². The number of ether oxygens (including phenoxy) is 2. The van der Waals surface area contributed by atoms with Gasteiger partial charge in [0, 0.05) is 11.1 Å². The SMILES string of the molecule is Bc1cccc(C(=O)c2ccc(OC)c(OC)c2)c1. The van der Waals surface area contributed by atoms with Crippen molar-refractivity contribution in [2.45, 2.75) is 0 Å². The Kier molecular flexibility index (Phi) is 3.90. The van der Waals surface area contributed by atoms with Crippen LogP contribution in [0.15, 0.2) is 42.5 Å². The van der Waals surface area contributed by atoms with Crippen LogP contribution in [0, 0.1) is 0 Å². The zero-order valence-corrected chi connectivity index (χ0v) is 11.3. The predicted molar refractivity (Wildman–Crippen MR) is 77.6 cm³/mol. The average Bonchev–Trinajstić information content (AvgIpc) is 2.45. The van der Waals surface area contributed by atoms with E-state index < -0.39 is 0 Å². The number of benzene rings is 2. The quantitative estimate of drug-likeness (QED) is 0.607. The Morgan fingerprint density at radius 3 is 2.26 bits per heavy atom. The molecule has 0 N–H and O–H groups in total. The highest BCUT2D eigenvalue weighted by Crippen LogP contribution is 2.28. The number of hydrogen-bond donors (Lipinski definition) is 0. The van der Waals surface area contributed by atoms with Crippen molar-refractivity contribution in [2.75, 3.05) is 14.2 Å². The van der Waals surface area contributed by atoms with Crippen LogP contribution in [0.5, 0.6) is 11.5 Å². The molecule has 2 aromatic carbocycles. The smallest absolute Gasteiger partial charge is 0.193 e. The minimum absolute atomic E-state index is 0.0235. The fourth-order valence-corrected chi connectivity index (χ4v) is 1.93. The van der Waals surface area contributed by atoms with Gasteiger partial charge < -0.3 is 9.47 Å². The van der Waals surface area contributed by atoms with Gasteiger partial charge in [0.05, 0.1) is 14.2 Å². The summed E-state index contributed by atoms with van der Waals surface area (Å²) in [6.07, 6.45) is 0. The van der Waals surface area contributed by atoms with Crippen LogP contribution in [-0.4, -0.2) is 27.8 Å². The summed E-state index contributed by atoms with van der Waals surface area (Å²) in [5.74, 6) is 1.15. The van der Waals surface area contributed by atoms with Crippen molar-refractivity contribution in [3.63, 3.8) is 0 Å². The van der Waals surface area contributed by atoms with Gasteiger partial charge in [-0.25, -0.2) is 0 Å². The molecule has 0 aliphatic carbocycles. The van der Waals surface area contributed by atoms with E-state index in [1.807, 2.05) is 32.1 Å². The zero-order chi connectivity index (χ0) is 13.8. The Morgan fingerprint density at radius 1 is 0.947 bits per heavy atom. The van der Waals surface area contributed by atoms with E-state index >= 15 is 0 Å². The van der Waals surface area contributed by atoms with Crippen molar-refractivity contribution in [1.29, 1.82) is 0 Å². The summed E-state index contributed by atoms with van der Waals surface area (Å²) in [5, 5.41) is 0. The molecule has 0 saturated carbocycles. The molecular weight excluding hydrogens is 239 g/mol. The number of carbonyl (C=O) groups is 1. The first-order valence-corrected chi connectivity index (χ1v) is 5.99. The zero-order valence-electron chi connectivity index (χ0n) is 11.3. The van der Waals surface area contributed by atoms with Crippen molar-refractivity contribution >= 4 is 19.1 Å². The molecule has 3 nitrogen and oxygen atoms in total. The molecule has 0 aliphatic rings. The number of ketones is 1. The average molecular weight is 254 g/mol. The van der Waals surface area contributed by atoms with Crippen molar-refractivity contribution in [3.05, 3.63) is 53.6 Å². The van der Waals surface area contributed by atoms with Gasteiger partial charge in [-0.15, -0.1) is 0 Å². The molecule has 0 radical (unpaired) electrons. The Hall–Kier alpha value is -2.23. The second-order valence-electron chi connectivity index (χ2n) is 4.27. The molecule has 0 aliphatic heterocycles. The van der Waals surface area contributed by atoms with Crippen molar-refractivity contribution in [2.24, 2.45) is 0 Å². The molecular formula is C15H15BO3. The maximum atomic E-state index is 12.4. The van der Waals surface area contributed by atoms with Crippen molar-refractivity contribution in [3.8, 4) is 11.5 Å². The lowest BCUT2D eigenvalue weighted by molar-refractivity contribution is 0.103. The predicted octanol–water partition coefficient (Wildman–Crippen LogP) is 1.19. The molecule has 0 bridgehead atoms. The Morgan fingerprint density at radius 2 is 1.63 bits per heavy atom. The van der Waals surface area contributed by atoms with Gasteiger partial charge >= 0.3 is 0 Å². The third-order valence-electron chi connectivity index (χ3n) is 2.93. The van der Waals surface area contributed by atoms with Crippen LogP contribution in [0.2, 0.25) is 0 Å². The lowest BCUT2D eigenvalue weighted by Gasteiger charge is -2.09. The van der Waals surface area contributed by atoms with Crippen LogP contribution >= 0.6 is 0 Å². The van der Waals surface area contributed by atoms with Crippen LogP contribution in [0.3, 0.4) is 0 Å². The van der Waals surface area contributed by atoms with E-state index in [0.29, 0.717) is 22.6 Å². The van der Waals surface area contributed by atoms with E-state index in [-0.39, 0.29) is 5.78 Å². The Labute approximate surface area is 113 Å². The van der Waals surface area contributed by atoms with Gasteiger partial charge in [0.25, 0.3) is 0 Å². The summed E-state index contributed by atoms with van der Waals surface area (Å²) in [7, 11) is 5.09. The summed E-state index contributed by atoms with van der Waals surface area (Å²) in [6.45, 7) is 0. The van der Waals surface area contributed by atoms with Crippen LogP contribution in [0.4, 0.5) is 0 Å². The molecule has 0 atom stereocenters. The molecule has 0 unspecified atom stereocenters. The molecule has 19 heavy (non-hydrogen) atoms. The monoisotopic (exact) mass is 254 g/mol. The van der Waals surface area contributed by atoms with E-state index in [4.69, 9.17) is 9.47 Å². The van der Waals surface area contributed by atoms with E-state index in [9.17, 15) is 4.79 Å². The highest BCUT2D eigenvalue weighted by atomic mass is 16.5. The maximum Gasteiger partial charge on any atom is 0.193 e. The van der Waals surface area contributed by atoms with Crippen LogP contribution in [0.25, 0.3) is 0 Å². The molecule has 0 saturated heterocycles. The molecule has 0 fully saturated rings. The number of hydrogen-bond acceptors (Lipinski definition) is 3. The molecule has 2 aromatic rings. The summed E-state index contributed by atoms with van der Waals surface area (Å²) in [5.41, 5.74) is 2.32. The van der Waals surface area contributed by atoms with Gasteiger partial charge in [-0.1, -0.05) is 29.7 Å².